The molecule has 1 aromatic heterocycles. The van der Waals surface area contributed by atoms with Crippen molar-refractivity contribution >= 4 is 16.8 Å². The molecule has 6 nitrogen and oxygen atoms in total. The van der Waals surface area contributed by atoms with Crippen molar-refractivity contribution in [1.82, 2.24) is 20.0 Å². The van der Waals surface area contributed by atoms with Crippen molar-refractivity contribution in [2.45, 2.75) is 32.7 Å². The highest BCUT2D eigenvalue weighted by atomic mass is 16.5. The van der Waals surface area contributed by atoms with Gasteiger partial charge in [0, 0.05) is 43.4 Å². The van der Waals surface area contributed by atoms with Crippen LogP contribution in [0.3, 0.4) is 0 Å². The molecule has 1 saturated carbocycles. The van der Waals surface area contributed by atoms with Gasteiger partial charge in [-0.15, -0.1) is 0 Å². The Labute approximate surface area is 154 Å². The molecule has 1 N–H and O–H groups in total. The summed E-state index contributed by atoms with van der Waals surface area (Å²) < 4.78 is 7.35. The molecule has 140 valence electrons. The number of hydrogen-bond acceptors (Lipinski definition) is 4. The van der Waals surface area contributed by atoms with Crippen LogP contribution in [0.5, 0.6) is 0 Å². The number of fused-ring (bicyclic) bond motifs is 1. The fourth-order valence-corrected chi connectivity index (χ4v) is 3.74. The van der Waals surface area contributed by atoms with Gasteiger partial charge in [0.15, 0.2) is 0 Å². The molecule has 1 aromatic carbocycles. The quantitative estimate of drug-likeness (QED) is 0.824. The Morgan fingerprint density at radius 2 is 2.12 bits per heavy atom. The normalized spacial score (nSPS) is 19.6. The first-order valence-electron chi connectivity index (χ1n) is 9.63. The van der Waals surface area contributed by atoms with E-state index in [0.717, 1.165) is 50.3 Å². The van der Waals surface area contributed by atoms with Crippen LogP contribution >= 0.6 is 0 Å². The maximum atomic E-state index is 12.3. The lowest BCUT2D eigenvalue weighted by molar-refractivity contribution is -0.121. The fourth-order valence-electron chi connectivity index (χ4n) is 3.74. The first-order valence-corrected chi connectivity index (χ1v) is 9.63. The summed E-state index contributed by atoms with van der Waals surface area (Å²) in [5.74, 6) is 0.120. The van der Waals surface area contributed by atoms with Crippen LogP contribution < -0.4 is 5.32 Å². The Balaban J connectivity index is 1.25. The predicted octanol–water partition coefficient (Wildman–Crippen LogP) is 1.96. The first kappa shape index (κ1) is 17.5. The number of rotatable bonds is 7. The SMILES string of the molecule is Cc1ccc2cnn(CCC(=O)NCC3(CN4CCOCC4)CC3)c2c1. The molecule has 2 aliphatic rings. The molecule has 0 radical (unpaired) electrons. The summed E-state index contributed by atoms with van der Waals surface area (Å²) in [5.41, 5.74) is 2.61. The average molecular weight is 356 g/mol. The maximum absolute atomic E-state index is 12.3. The van der Waals surface area contributed by atoms with Gasteiger partial charge in [0.2, 0.25) is 5.91 Å². The molecule has 2 aromatic rings. The molecular formula is C20H28N4O2. The molecule has 1 aliphatic carbocycles. The number of nitrogens with zero attached hydrogens (tertiary/aromatic N) is 3. The van der Waals surface area contributed by atoms with E-state index < -0.39 is 0 Å². The van der Waals surface area contributed by atoms with Gasteiger partial charge >= 0.3 is 0 Å². The Bertz CT molecular complexity index is 775. The number of aryl methyl sites for hydroxylation is 2. The lowest BCUT2D eigenvalue weighted by atomic mass is 10.1. The third-order valence-electron chi connectivity index (χ3n) is 5.63. The monoisotopic (exact) mass is 356 g/mol. The summed E-state index contributed by atoms with van der Waals surface area (Å²) in [4.78, 5) is 14.8. The standard InChI is InChI=1S/C20H28N4O2/c1-16-2-3-17-13-22-24(18(17)12-16)7-4-19(25)21-14-20(5-6-20)15-23-8-10-26-11-9-23/h2-3,12-13H,4-11,14-15H2,1H3,(H,21,25). The van der Waals surface area contributed by atoms with Crippen molar-refractivity contribution in [2.24, 2.45) is 5.41 Å². The van der Waals surface area contributed by atoms with Crippen LogP contribution in [0.4, 0.5) is 0 Å². The van der Waals surface area contributed by atoms with Gasteiger partial charge in [0.25, 0.3) is 0 Å². The number of hydrogen-bond donors (Lipinski definition) is 1. The number of ether oxygens (including phenoxy) is 1. The van der Waals surface area contributed by atoms with Crippen molar-refractivity contribution in [3.8, 4) is 0 Å². The van der Waals surface area contributed by atoms with E-state index in [-0.39, 0.29) is 5.91 Å². The number of amides is 1. The molecule has 1 saturated heterocycles. The second kappa shape index (κ2) is 7.37. The zero-order chi connectivity index (χ0) is 18.0. The number of carbonyl (C=O) groups excluding carboxylic acids is 1. The van der Waals surface area contributed by atoms with Crippen LogP contribution in [0, 0.1) is 12.3 Å². The van der Waals surface area contributed by atoms with Gasteiger partial charge in [-0.25, -0.2) is 0 Å². The maximum Gasteiger partial charge on any atom is 0.221 e. The third-order valence-corrected chi connectivity index (χ3v) is 5.63. The summed E-state index contributed by atoms with van der Waals surface area (Å²) in [6.07, 6.45) is 4.77. The van der Waals surface area contributed by atoms with Crippen LogP contribution in [-0.2, 0) is 16.1 Å². The molecular weight excluding hydrogens is 328 g/mol. The largest absolute Gasteiger partial charge is 0.379 e. The van der Waals surface area contributed by atoms with Gasteiger partial charge in [0.1, 0.15) is 0 Å². The summed E-state index contributed by atoms with van der Waals surface area (Å²) in [7, 11) is 0. The van der Waals surface area contributed by atoms with Gasteiger partial charge in [0.05, 0.1) is 31.5 Å². The Morgan fingerprint density at radius 1 is 1.31 bits per heavy atom. The van der Waals surface area contributed by atoms with Crippen LogP contribution in [0.2, 0.25) is 0 Å². The number of morpholine rings is 1. The van der Waals surface area contributed by atoms with Gasteiger partial charge in [-0.2, -0.15) is 5.10 Å². The second-order valence-electron chi connectivity index (χ2n) is 7.85. The van der Waals surface area contributed by atoms with Gasteiger partial charge < -0.3 is 10.1 Å². The molecule has 1 aliphatic heterocycles. The predicted molar refractivity (Wildman–Crippen MR) is 101 cm³/mol. The van der Waals surface area contributed by atoms with Crippen LogP contribution in [0.1, 0.15) is 24.8 Å². The molecule has 1 amide bonds. The minimum Gasteiger partial charge on any atom is -0.379 e. The lowest BCUT2D eigenvalue weighted by Crippen LogP contribution is -2.43. The minimum atomic E-state index is 0.120. The summed E-state index contributed by atoms with van der Waals surface area (Å²) >= 11 is 0. The van der Waals surface area contributed by atoms with Crippen LogP contribution in [0.15, 0.2) is 24.4 Å². The summed E-state index contributed by atoms with van der Waals surface area (Å²) in [6.45, 7) is 8.27. The zero-order valence-electron chi connectivity index (χ0n) is 15.5. The topological polar surface area (TPSA) is 59.4 Å². The lowest BCUT2D eigenvalue weighted by Gasteiger charge is -2.30. The van der Waals surface area contributed by atoms with E-state index in [1.807, 2.05) is 10.9 Å². The first-order chi connectivity index (χ1) is 12.6. The van der Waals surface area contributed by atoms with Crippen molar-refractivity contribution in [3.63, 3.8) is 0 Å². The highest BCUT2D eigenvalue weighted by molar-refractivity contribution is 5.80. The van der Waals surface area contributed by atoms with E-state index >= 15 is 0 Å². The molecule has 2 heterocycles. The van der Waals surface area contributed by atoms with Gasteiger partial charge in [-0.05, 0) is 31.4 Å². The smallest absolute Gasteiger partial charge is 0.221 e. The van der Waals surface area contributed by atoms with E-state index in [9.17, 15) is 4.79 Å². The third kappa shape index (κ3) is 4.07. The number of benzene rings is 1. The van der Waals surface area contributed by atoms with Gasteiger partial charge in [-0.1, -0.05) is 12.1 Å². The molecule has 0 unspecified atom stereocenters. The average Bonchev–Trinajstić information content (AvgIpc) is 3.30. The van der Waals surface area contributed by atoms with Gasteiger partial charge in [-0.3, -0.25) is 14.4 Å². The molecule has 0 bridgehead atoms. The van der Waals surface area contributed by atoms with Crippen molar-refractivity contribution < 1.29 is 9.53 Å². The van der Waals surface area contributed by atoms with Crippen molar-refractivity contribution in [1.29, 1.82) is 0 Å². The Hall–Kier alpha value is -1.92. The van der Waals surface area contributed by atoms with E-state index in [4.69, 9.17) is 4.74 Å². The molecule has 0 atom stereocenters. The molecule has 0 spiro atoms. The van der Waals surface area contributed by atoms with E-state index in [1.165, 1.54) is 18.4 Å². The second-order valence-corrected chi connectivity index (χ2v) is 7.85. The molecule has 6 heteroatoms. The van der Waals surface area contributed by atoms with E-state index in [2.05, 4.69) is 40.4 Å². The van der Waals surface area contributed by atoms with Crippen molar-refractivity contribution in [3.05, 3.63) is 30.0 Å². The number of aromatic nitrogens is 2. The van der Waals surface area contributed by atoms with Crippen molar-refractivity contribution in [2.75, 3.05) is 39.4 Å². The molecule has 26 heavy (non-hydrogen) atoms. The summed E-state index contributed by atoms with van der Waals surface area (Å²) in [6, 6.07) is 6.29. The van der Waals surface area contributed by atoms with Crippen LogP contribution in [-0.4, -0.2) is 60.0 Å². The van der Waals surface area contributed by atoms with E-state index in [0.29, 0.717) is 18.4 Å². The molecule has 4 rings (SSSR count). The highest BCUT2D eigenvalue weighted by Gasteiger charge is 2.44. The Kier molecular flexibility index (Phi) is 4.96. The highest BCUT2D eigenvalue weighted by Crippen LogP contribution is 2.45. The number of nitrogens with one attached hydrogen (secondary N) is 1. The zero-order valence-corrected chi connectivity index (χ0v) is 15.5. The fraction of sp³-hybridized carbons (Fsp3) is 0.600. The summed E-state index contributed by atoms with van der Waals surface area (Å²) in [5, 5.41) is 8.71. The van der Waals surface area contributed by atoms with E-state index in [1.54, 1.807) is 0 Å². The number of carbonyl (C=O) groups is 1. The Morgan fingerprint density at radius 3 is 2.88 bits per heavy atom. The van der Waals surface area contributed by atoms with Crippen LogP contribution in [0.25, 0.3) is 10.9 Å². The minimum absolute atomic E-state index is 0.120. The molecule has 2 fully saturated rings.